The molecule has 128 valence electrons. The van der Waals surface area contributed by atoms with Gasteiger partial charge in [-0.05, 0) is 32.8 Å². The highest BCUT2D eigenvalue weighted by Crippen LogP contribution is 2.26. The molecule has 0 aliphatic rings. The van der Waals surface area contributed by atoms with E-state index in [0.29, 0.717) is 13.0 Å². The van der Waals surface area contributed by atoms with Gasteiger partial charge in [-0.25, -0.2) is 0 Å². The molecule has 0 saturated heterocycles. The molecule has 2 amide bonds. The number of aryl methyl sites for hydroxylation is 1. The molecule has 0 spiro atoms. The van der Waals surface area contributed by atoms with Crippen LogP contribution in [0.5, 0.6) is 5.75 Å². The van der Waals surface area contributed by atoms with Crippen molar-refractivity contribution in [2.75, 3.05) is 13.7 Å². The molecule has 0 bridgehead atoms. The van der Waals surface area contributed by atoms with Gasteiger partial charge in [0, 0.05) is 25.5 Å². The van der Waals surface area contributed by atoms with Gasteiger partial charge in [-0.1, -0.05) is 24.1 Å². The number of methoxy groups -OCH3 is 1. The number of hydrogen-bond acceptors (Lipinski definition) is 3. The maximum atomic E-state index is 12.0. The second kappa shape index (κ2) is 9.87. The number of carbonyl (C=O) groups is 2. The van der Waals surface area contributed by atoms with Gasteiger partial charge in [0.15, 0.2) is 0 Å². The highest BCUT2D eigenvalue weighted by atomic mass is 16.5. The van der Waals surface area contributed by atoms with Gasteiger partial charge in [0.05, 0.1) is 13.2 Å². The Balaban J connectivity index is 2.36. The molecule has 0 saturated carbocycles. The van der Waals surface area contributed by atoms with Crippen LogP contribution < -0.4 is 15.4 Å². The third kappa shape index (κ3) is 7.17. The molecule has 23 heavy (non-hydrogen) atoms. The SMILES string of the molecule is COc1ccc(C)cc1C(C)NC(=O)CCCCCNC(C)=O. The fourth-order valence-corrected chi connectivity index (χ4v) is 2.44. The first-order valence-corrected chi connectivity index (χ1v) is 8.12. The standard InChI is InChI=1S/C18H28N2O3/c1-13-9-10-17(23-4)16(12-13)14(2)20-18(22)8-6-5-7-11-19-15(3)21/h9-10,12,14H,5-8,11H2,1-4H3,(H,19,21)(H,20,22). The molecule has 0 aromatic heterocycles. The summed E-state index contributed by atoms with van der Waals surface area (Å²) < 4.78 is 5.36. The van der Waals surface area contributed by atoms with Crippen molar-refractivity contribution >= 4 is 11.8 Å². The van der Waals surface area contributed by atoms with Crippen LogP contribution in [0.2, 0.25) is 0 Å². The Morgan fingerprint density at radius 3 is 2.61 bits per heavy atom. The van der Waals surface area contributed by atoms with Gasteiger partial charge in [0.25, 0.3) is 0 Å². The van der Waals surface area contributed by atoms with Crippen molar-refractivity contribution in [3.63, 3.8) is 0 Å². The Hall–Kier alpha value is -2.04. The number of unbranched alkanes of at least 4 members (excludes halogenated alkanes) is 2. The average molecular weight is 320 g/mol. The Kier molecular flexibility index (Phi) is 8.16. The van der Waals surface area contributed by atoms with E-state index >= 15 is 0 Å². The van der Waals surface area contributed by atoms with E-state index in [1.165, 1.54) is 6.92 Å². The first-order chi connectivity index (χ1) is 10.9. The summed E-state index contributed by atoms with van der Waals surface area (Å²) in [4.78, 5) is 22.8. The minimum absolute atomic E-state index is 0.0105. The fraction of sp³-hybridized carbons (Fsp3) is 0.556. The van der Waals surface area contributed by atoms with Crippen LogP contribution in [0.15, 0.2) is 18.2 Å². The topological polar surface area (TPSA) is 67.4 Å². The van der Waals surface area contributed by atoms with E-state index < -0.39 is 0 Å². The van der Waals surface area contributed by atoms with Crippen LogP contribution in [0.4, 0.5) is 0 Å². The molecule has 0 heterocycles. The van der Waals surface area contributed by atoms with E-state index in [0.717, 1.165) is 36.1 Å². The fourth-order valence-electron chi connectivity index (χ4n) is 2.44. The predicted molar refractivity (Wildman–Crippen MR) is 91.4 cm³/mol. The van der Waals surface area contributed by atoms with E-state index in [4.69, 9.17) is 4.74 Å². The van der Waals surface area contributed by atoms with Crippen LogP contribution in [0, 0.1) is 6.92 Å². The lowest BCUT2D eigenvalue weighted by Crippen LogP contribution is -2.26. The Labute approximate surface area is 138 Å². The van der Waals surface area contributed by atoms with Crippen molar-refractivity contribution in [2.24, 2.45) is 0 Å². The maximum Gasteiger partial charge on any atom is 0.220 e. The summed E-state index contributed by atoms with van der Waals surface area (Å²) in [6, 6.07) is 5.87. The monoisotopic (exact) mass is 320 g/mol. The summed E-state index contributed by atoms with van der Waals surface area (Å²) in [5.74, 6) is 0.822. The van der Waals surface area contributed by atoms with Crippen molar-refractivity contribution in [3.05, 3.63) is 29.3 Å². The zero-order valence-corrected chi connectivity index (χ0v) is 14.6. The zero-order chi connectivity index (χ0) is 17.2. The van der Waals surface area contributed by atoms with Gasteiger partial charge < -0.3 is 15.4 Å². The minimum atomic E-state index is -0.0864. The second-order valence-corrected chi connectivity index (χ2v) is 5.83. The molecule has 0 radical (unpaired) electrons. The van der Waals surface area contributed by atoms with Crippen molar-refractivity contribution < 1.29 is 14.3 Å². The number of ether oxygens (including phenoxy) is 1. The van der Waals surface area contributed by atoms with E-state index in [1.54, 1.807) is 7.11 Å². The van der Waals surface area contributed by atoms with E-state index in [1.807, 2.05) is 32.0 Å². The van der Waals surface area contributed by atoms with E-state index in [9.17, 15) is 9.59 Å². The smallest absolute Gasteiger partial charge is 0.220 e. The summed E-state index contributed by atoms with van der Waals surface area (Å²) in [6.45, 7) is 6.17. The summed E-state index contributed by atoms with van der Waals surface area (Å²) >= 11 is 0. The van der Waals surface area contributed by atoms with Crippen LogP contribution in [0.1, 0.15) is 56.7 Å². The maximum absolute atomic E-state index is 12.0. The lowest BCUT2D eigenvalue weighted by atomic mass is 10.0. The van der Waals surface area contributed by atoms with Gasteiger partial charge in [-0.3, -0.25) is 9.59 Å². The van der Waals surface area contributed by atoms with Crippen molar-refractivity contribution in [1.82, 2.24) is 10.6 Å². The number of benzene rings is 1. The molecule has 0 aliphatic carbocycles. The Bertz CT molecular complexity index is 529. The normalized spacial score (nSPS) is 11.7. The predicted octanol–water partition coefficient (Wildman–Crippen LogP) is 2.88. The molecule has 1 rings (SSSR count). The molecule has 5 heteroatoms. The molecule has 1 unspecified atom stereocenters. The lowest BCUT2D eigenvalue weighted by molar-refractivity contribution is -0.122. The number of hydrogen-bond donors (Lipinski definition) is 2. The molecule has 2 N–H and O–H groups in total. The molecular formula is C18H28N2O3. The van der Waals surface area contributed by atoms with Gasteiger partial charge in [0.2, 0.25) is 11.8 Å². The number of rotatable bonds is 9. The molecule has 1 aromatic rings. The molecular weight excluding hydrogens is 292 g/mol. The molecule has 0 aliphatic heterocycles. The van der Waals surface area contributed by atoms with Gasteiger partial charge >= 0.3 is 0 Å². The highest BCUT2D eigenvalue weighted by molar-refractivity contribution is 5.76. The van der Waals surface area contributed by atoms with Crippen LogP contribution in [0.3, 0.4) is 0 Å². The largest absolute Gasteiger partial charge is 0.496 e. The van der Waals surface area contributed by atoms with Crippen LogP contribution in [-0.2, 0) is 9.59 Å². The van der Waals surface area contributed by atoms with E-state index in [-0.39, 0.29) is 17.9 Å². The minimum Gasteiger partial charge on any atom is -0.496 e. The Morgan fingerprint density at radius 1 is 1.22 bits per heavy atom. The molecule has 1 atom stereocenters. The Morgan fingerprint density at radius 2 is 1.96 bits per heavy atom. The third-order valence-corrected chi connectivity index (χ3v) is 3.68. The molecule has 1 aromatic carbocycles. The van der Waals surface area contributed by atoms with Gasteiger partial charge in [-0.2, -0.15) is 0 Å². The van der Waals surface area contributed by atoms with Gasteiger partial charge in [0.1, 0.15) is 5.75 Å². The van der Waals surface area contributed by atoms with Crippen LogP contribution in [0.25, 0.3) is 0 Å². The van der Waals surface area contributed by atoms with E-state index in [2.05, 4.69) is 10.6 Å². The van der Waals surface area contributed by atoms with Gasteiger partial charge in [-0.15, -0.1) is 0 Å². The lowest BCUT2D eigenvalue weighted by Gasteiger charge is -2.18. The number of carbonyl (C=O) groups excluding carboxylic acids is 2. The number of nitrogens with one attached hydrogen (secondary N) is 2. The van der Waals surface area contributed by atoms with Crippen LogP contribution >= 0.6 is 0 Å². The summed E-state index contributed by atoms with van der Waals surface area (Å²) in [7, 11) is 1.64. The number of amides is 2. The first kappa shape index (κ1) is 19.0. The van der Waals surface area contributed by atoms with Crippen molar-refractivity contribution in [2.45, 2.75) is 52.5 Å². The third-order valence-electron chi connectivity index (χ3n) is 3.68. The van der Waals surface area contributed by atoms with Crippen LogP contribution in [-0.4, -0.2) is 25.5 Å². The van der Waals surface area contributed by atoms with Crippen molar-refractivity contribution in [1.29, 1.82) is 0 Å². The summed E-state index contributed by atoms with van der Waals surface area (Å²) in [6.07, 6.45) is 3.14. The second-order valence-electron chi connectivity index (χ2n) is 5.83. The van der Waals surface area contributed by atoms with Crippen molar-refractivity contribution in [3.8, 4) is 5.75 Å². The molecule has 0 fully saturated rings. The zero-order valence-electron chi connectivity index (χ0n) is 14.6. The highest BCUT2D eigenvalue weighted by Gasteiger charge is 2.14. The first-order valence-electron chi connectivity index (χ1n) is 8.12. The summed E-state index contributed by atoms with van der Waals surface area (Å²) in [5.41, 5.74) is 2.13. The average Bonchev–Trinajstić information content (AvgIpc) is 2.50. The quantitative estimate of drug-likeness (QED) is 0.688. The molecule has 5 nitrogen and oxygen atoms in total. The summed E-state index contributed by atoms with van der Waals surface area (Å²) in [5, 5.41) is 5.77.